The maximum absolute atomic E-state index is 13.7. The average molecular weight is 701 g/mol. The van der Waals surface area contributed by atoms with Gasteiger partial charge in [-0.05, 0) is 118 Å². The first-order valence-corrected chi connectivity index (χ1v) is 17.4. The Hall–Kier alpha value is -5.64. The van der Waals surface area contributed by atoms with Crippen LogP contribution in [0, 0.1) is 13.8 Å². The number of nitrogens with one attached hydrogen (secondary N) is 2. The van der Waals surface area contributed by atoms with Crippen molar-refractivity contribution < 1.29 is 28.7 Å². The van der Waals surface area contributed by atoms with E-state index >= 15 is 0 Å². The summed E-state index contributed by atoms with van der Waals surface area (Å²) in [5.74, 6) is -1.10. The Labute approximate surface area is 302 Å². The monoisotopic (exact) mass is 700 g/mol. The number of nitrogens with zero attached hydrogens (tertiary/aromatic N) is 2. The van der Waals surface area contributed by atoms with Crippen LogP contribution in [0.25, 0.3) is 44.9 Å². The Kier molecular flexibility index (Phi) is 9.61. The minimum atomic E-state index is -1.18. The van der Waals surface area contributed by atoms with Crippen LogP contribution in [0.15, 0.2) is 48.1 Å². The lowest BCUT2D eigenvalue weighted by Gasteiger charge is -2.32. The molecule has 0 fully saturated rings. The third-order valence-electron chi connectivity index (χ3n) is 10.7. The number of esters is 2. The number of aromatic amines is 2. The van der Waals surface area contributed by atoms with Gasteiger partial charge in [0.25, 0.3) is 0 Å². The molecule has 10 nitrogen and oxygen atoms in total. The van der Waals surface area contributed by atoms with Crippen LogP contribution in [0.1, 0.15) is 98.4 Å². The Balaban J connectivity index is 1.79. The van der Waals surface area contributed by atoms with Crippen molar-refractivity contribution in [1.82, 2.24) is 19.9 Å². The maximum Gasteiger partial charge on any atom is 0.335 e. The van der Waals surface area contributed by atoms with Crippen LogP contribution in [0.2, 0.25) is 0 Å². The lowest BCUT2D eigenvalue weighted by atomic mass is 9.68. The van der Waals surface area contributed by atoms with E-state index < -0.39 is 17.4 Å². The summed E-state index contributed by atoms with van der Waals surface area (Å²) in [5.41, 5.74) is 11.4. The molecule has 2 aliphatic heterocycles. The number of ether oxygens (including phenoxy) is 2. The molecule has 0 spiro atoms. The zero-order valence-corrected chi connectivity index (χ0v) is 31.1. The van der Waals surface area contributed by atoms with Crippen molar-refractivity contribution in [3.63, 3.8) is 0 Å². The summed E-state index contributed by atoms with van der Waals surface area (Å²) in [4.78, 5) is 68.7. The summed E-state index contributed by atoms with van der Waals surface area (Å²) in [6.45, 7) is 15.2. The highest BCUT2D eigenvalue weighted by atomic mass is 16.5. The molecule has 0 saturated carbocycles. The fraction of sp³-hybridized carbons (Fsp3) is 0.333. The molecule has 2 N–H and O–H groups in total. The lowest BCUT2D eigenvalue weighted by molar-refractivity contribution is -0.139. The van der Waals surface area contributed by atoms with E-state index in [1.807, 2.05) is 64.1 Å². The molecule has 5 heterocycles. The quantitative estimate of drug-likeness (QED) is 0.215. The van der Waals surface area contributed by atoms with Crippen LogP contribution >= 0.6 is 0 Å². The Morgan fingerprint density at radius 1 is 0.808 bits per heavy atom. The molecule has 8 bridgehead atoms. The summed E-state index contributed by atoms with van der Waals surface area (Å²) in [5, 5.41) is 0. The summed E-state index contributed by atoms with van der Waals surface area (Å²) in [6.07, 6.45) is 5.64. The molecule has 1 atom stereocenters. The molecule has 0 saturated heterocycles. The highest BCUT2D eigenvalue weighted by Gasteiger charge is 2.49. The zero-order chi connectivity index (χ0) is 37.6. The first-order chi connectivity index (χ1) is 24.7. The smallest absolute Gasteiger partial charge is 0.335 e. The number of ketones is 2. The minimum Gasteiger partial charge on any atom is -0.466 e. The van der Waals surface area contributed by atoms with Crippen LogP contribution < -0.4 is 0 Å². The third-order valence-corrected chi connectivity index (χ3v) is 10.7. The van der Waals surface area contributed by atoms with Gasteiger partial charge >= 0.3 is 11.9 Å². The van der Waals surface area contributed by atoms with E-state index in [1.54, 1.807) is 13.8 Å². The molecule has 0 amide bonds. The molecule has 268 valence electrons. The van der Waals surface area contributed by atoms with E-state index in [1.165, 1.54) is 14.2 Å². The lowest BCUT2D eigenvalue weighted by Crippen LogP contribution is -2.34. The van der Waals surface area contributed by atoms with Gasteiger partial charge in [-0.3, -0.25) is 4.98 Å². The predicted molar refractivity (Wildman–Crippen MR) is 203 cm³/mol. The SMILES string of the molecule is C=Cc1c(C)c2cc3nc(cc4[nH]c(cc5nc(cc1[nH]2)C(C)=C5CCC(C)=O)c(CCC(C)=O)c4C)C1(C)C3=CCC(C(=O)OC)=C1C(=O)OC. The molecule has 0 aromatic carbocycles. The van der Waals surface area contributed by atoms with E-state index in [2.05, 4.69) is 16.5 Å². The molecule has 3 aromatic rings. The van der Waals surface area contributed by atoms with Gasteiger partial charge in [-0.15, -0.1) is 0 Å². The molecule has 10 heteroatoms. The van der Waals surface area contributed by atoms with Crippen molar-refractivity contribution in [2.24, 2.45) is 0 Å². The number of carbonyl (C=O) groups is 4. The fourth-order valence-electron chi connectivity index (χ4n) is 7.70. The Morgan fingerprint density at radius 3 is 2.08 bits per heavy atom. The van der Waals surface area contributed by atoms with Crippen LogP contribution in [-0.4, -0.2) is 57.7 Å². The Morgan fingerprint density at radius 2 is 1.42 bits per heavy atom. The number of rotatable bonds is 9. The van der Waals surface area contributed by atoms with Gasteiger partial charge in [0, 0.05) is 40.5 Å². The van der Waals surface area contributed by atoms with E-state index in [9.17, 15) is 19.2 Å². The second-order valence-electron chi connectivity index (χ2n) is 13.9. The number of allylic oxidation sites excluding steroid dienone is 4. The number of H-pyrrole nitrogens is 2. The molecule has 3 aliphatic rings. The molecule has 52 heavy (non-hydrogen) atoms. The van der Waals surface area contributed by atoms with Gasteiger partial charge in [-0.2, -0.15) is 0 Å². The van der Waals surface area contributed by atoms with Gasteiger partial charge < -0.3 is 29.0 Å². The van der Waals surface area contributed by atoms with Crippen molar-refractivity contribution in [2.75, 3.05) is 14.2 Å². The number of Topliss-reactive ketones (excluding diaryl/α,β-unsaturated/α-hetero) is 2. The summed E-state index contributed by atoms with van der Waals surface area (Å²) in [6, 6.07) is 7.87. The molecule has 1 unspecified atom stereocenters. The first kappa shape index (κ1) is 36.2. The van der Waals surface area contributed by atoms with Crippen LogP contribution in [0.5, 0.6) is 0 Å². The number of carbonyl (C=O) groups excluding carboxylic acids is 4. The van der Waals surface area contributed by atoms with Crippen molar-refractivity contribution in [2.45, 2.75) is 79.1 Å². The first-order valence-electron chi connectivity index (χ1n) is 17.4. The average Bonchev–Trinajstić information content (AvgIpc) is 3.76. The molecular formula is C42H44N4O6. The van der Waals surface area contributed by atoms with E-state index in [-0.39, 0.29) is 29.1 Å². The van der Waals surface area contributed by atoms with Crippen molar-refractivity contribution in [3.05, 3.63) is 93.1 Å². The van der Waals surface area contributed by atoms with Gasteiger partial charge in [0.2, 0.25) is 0 Å². The topological polar surface area (TPSA) is 144 Å². The molecule has 6 rings (SSSR count). The van der Waals surface area contributed by atoms with Crippen molar-refractivity contribution in [1.29, 1.82) is 0 Å². The maximum atomic E-state index is 13.7. The van der Waals surface area contributed by atoms with Crippen molar-refractivity contribution in [3.8, 4) is 0 Å². The number of aryl methyl sites for hydroxylation is 3. The van der Waals surface area contributed by atoms with Gasteiger partial charge in [0.1, 0.15) is 11.6 Å². The van der Waals surface area contributed by atoms with Crippen LogP contribution in [0.3, 0.4) is 0 Å². The molecule has 1 aliphatic carbocycles. The zero-order valence-electron chi connectivity index (χ0n) is 31.1. The third kappa shape index (κ3) is 6.06. The summed E-state index contributed by atoms with van der Waals surface area (Å²) in [7, 11) is 2.59. The number of fused-ring (bicyclic) bond motifs is 11. The number of methoxy groups -OCH3 is 2. The highest BCUT2D eigenvalue weighted by molar-refractivity contribution is 6.07. The second-order valence-corrected chi connectivity index (χ2v) is 13.9. The normalized spacial score (nSPS) is 16.7. The predicted octanol–water partition coefficient (Wildman–Crippen LogP) is 7.78. The van der Waals surface area contributed by atoms with E-state index in [0.717, 1.165) is 72.4 Å². The van der Waals surface area contributed by atoms with Gasteiger partial charge in [0.05, 0.1) is 53.6 Å². The van der Waals surface area contributed by atoms with Gasteiger partial charge in [0.15, 0.2) is 0 Å². The number of hydrogen-bond donors (Lipinski definition) is 2. The van der Waals surface area contributed by atoms with Crippen LogP contribution in [0.4, 0.5) is 0 Å². The van der Waals surface area contributed by atoms with Gasteiger partial charge in [-0.25, -0.2) is 14.6 Å². The largest absolute Gasteiger partial charge is 0.466 e. The Bertz CT molecular complexity index is 2370. The number of hydrogen-bond acceptors (Lipinski definition) is 8. The van der Waals surface area contributed by atoms with Crippen LogP contribution in [-0.2, 0) is 40.5 Å². The molecule has 3 aromatic heterocycles. The summed E-state index contributed by atoms with van der Waals surface area (Å²) < 4.78 is 10.4. The van der Waals surface area contributed by atoms with E-state index in [0.29, 0.717) is 37.1 Å². The van der Waals surface area contributed by atoms with E-state index in [4.69, 9.17) is 19.4 Å². The fourth-order valence-corrected chi connectivity index (χ4v) is 7.70. The van der Waals surface area contributed by atoms with Gasteiger partial charge in [-0.1, -0.05) is 18.7 Å². The number of aromatic nitrogens is 4. The standard InChI is InChI=1S/C42H44N4O6/c1-10-26-23(4)32-18-37-30-16-15-29(40(49)51-8)39(41(50)52-9)42(30,7)38(46-37)20-33-25(6)28(14-12-22(3)48)36(45-33)19-35-27(13-11-21(2)47)24(5)31(44-35)17-34(26)43-32/h10,16-20,43,45H,1,11-15H2,2-9H3. The molecule has 0 radical (unpaired) electrons. The van der Waals surface area contributed by atoms with Crippen molar-refractivity contribution >= 4 is 68.4 Å². The molecular weight excluding hydrogens is 656 g/mol. The highest BCUT2D eigenvalue weighted by Crippen LogP contribution is 2.51. The second kappa shape index (κ2) is 13.8. The summed E-state index contributed by atoms with van der Waals surface area (Å²) >= 11 is 0. The minimum absolute atomic E-state index is 0.0675.